The van der Waals surface area contributed by atoms with Crippen LogP contribution >= 0.6 is 0 Å². The van der Waals surface area contributed by atoms with Gasteiger partial charge in [-0.05, 0) is 62.2 Å². The van der Waals surface area contributed by atoms with E-state index in [9.17, 15) is 9.59 Å². The van der Waals surface area contributed by atoms with Gasteiger partial charge < -0.3 is 4.90 Å². The molecule has 0 N–H and O–H groups in total. The van der Waals surface area contributed by atoms with Crippen molar-refractivity contribution < 1.29 is 9.59 Å². The Morgan fingerprint density at radius 3 is 2.21 bits per heavy atom. The SMILES string of the molecule is O=C1CCCN(C(=O)C2C3CC4CC(C3)CC2C4)C1. The van der Waals surface area contributed by atoms with Crippen LogP contribution in [0, 0.1) is 29.6 Å². The highest BCUT2D eigenvalue weighted by Crippen LogP contribution is 2.56. The van der Waals surface area contributed by atoms with Gasteiger partial charge in [0, 0.05) is 18.9 Å². The molecule has 3 heteroatoms. The predicted molar refractivity (Wildman–Crippen MR) is 71.4 cm³/mol. The largest absolute Gasteiger partial charge is 0.335 e. The van der Waals surface area contributed by atoms with Crippen molar-refractivity contribution in [1.29, 1.82) is 0 Å². The molecule has 4 bridgehead atoms. The zero-order chi connectivity index (χ0) is 13.0. The van der Waals surface area contributed by atoms with Crippen molar-refractivity contribution in [3.05, 3.63) is 0 Å². The molecule has 1 saturated heterocycles. The number of piperidine rings is 1. The molecule has 0 spiro atoms. The Balaban J connectivity index is 1.52. The fourth-order valence-electron chi connectivity index (χ4n) is 5.57. The van der Waals surface area contributed by atoms with Crippen LogP contribution in [0.1, 0.15) is 44.9 Å². The number of hydrogen-bond donors (Lipinski definition) is 0. The van der Waals surface area contributed by atoms with E-state index in [4.69, 9.17) is 0 Å². The number of hydrogen-bond acceptors (Lipinski definition) is 2. The normalized spacial score (nSPS) is 44.7. The summed E-state index contributed by atoms with van der Waals surface area (Å²) in [5.74, 6) is 3.94. The fraction of sp³-hybridized carbons (Fsp3) is 0.875. The molecule has 4 saturated carbocycles. The number of Topliss-reactive ketones (excluding diaryl/α,β-unsaturated/α-hetero) is 1. The fourth-order valence-corrected chi connectivity index (χ4v) is 5.57. The van der Waals surface area contributed by atoms with Crippen molar-refractivity contribution in [2.75, 3.05) is 13.1 Å². The van der Waals surface area contributed by atoms with Crippen LogP contribution in [0.4, 0.5) is 0 Å². The summed E-state index contributed by atoms with van der Waals surface area (Å²) < 4.78 is 0. The number of rotatable bonds is 1. The second-order valence-electron chi connectivity index (χ2n) is 7.36. The molecule has 19 heavy (non-hydrogen) atoms. The maximum atomic E-state index is 12.8. The highest BCUT2D eigenvalue weighted by atomic mass is 16.2. The third-order valence-electron chi connectivity index (χ3n) is 6.07. The Hall–Kier alpha value is -0.860. The Kier molecular flexibility index (Phi) is 2.71. The van der Waals surface area contributed by atoms with Gasteiger partial charge in [0.1, 0.15) is 0 Å². The molecule has 1 heterocycles. The Labute approximate surface area is 114 Å². The Morgan fingerprint density at radius 1 is 1.00 bits per heavy atom. The third kappa shape index (κ3) is 1.93. The van der Waals surface area contributed by atoms with Gasteiger partial charge >= 0.3 is 0 Å². The topological polar surface area (TPSA) is 37.4 Å². The minimum Gasteiger partial charge on any atom is -0.335 e. The number of nitrogens with zero attached hydrogens (tertiary/aromatic N) is 1. The molecule has 0 unspecified atom stereocenters. The molecule has 0 aromatic carbocycles. The van der Waals surface area contributed by atoms with Crippen molar-refractivity contribution in [3.8, 4) is 0 Å². The molecule has 0 radical (unpaired) electrons. The minimum atomic E-state index is 0.253. The van der Waals surface area contributed by atoms with Crippen molar-refractivity contribution >= 4 is 11.7 Å². The van der Waals surface area contributed by atoms with E-state index in [-0.39, 0.29) is 11.7 Å². The highest BCUT2D eigenvalue weighted by Gasteiger charge is 2.51. The lowest BCUT2D eigenvalue weighted by molar-refractivity contribution is -0.152. The lowest BCUT2D eigenvalue weighted by Gasteiger charge is -2.54. The van der Waals surface area contributed by atoms with Crippen molar-refractivity contribution in [2.24, 2.45) is 29.6 Å². The van der Waals surface area contributed by atoms with Gasteiger partial charge in [-0.3, -0.25) is 9.59 Å². The molecule has 5 rings (SSSR count). The van der Waals surface area contributed by atoms with Crippen LogP contribution in [0.2, 0.25) is 0 Å². The summed E-state index contributed by atoms with van der Waals surface area (Å²) >= 11 is 0. The molecule has 4 aliphatic carbocycles. The molecule has 1 amide bonds. The van der Waals surface area contributed by atoms with Crippen LogP contribution in [-0.4, -0.2) is 29.7 Å². The van der Waals surface area contributed by atoms with Crippen LogP contribution in [0.3, 0.4) is 0 Å². The monoisotopic (exact) mass is 261 g/mol. The lowest BCUT2D eigenvalue weighted by Crippen LogP contribution is -2.53. The summed E-state index contributed by atoms with van der Waals surface area (Å²) in [6.45, 7) is 1.20. The zero-order valence-electron chi connectivity index (χ0n) is 11.5. The molecule has 104 valence electrons. The van der Waals surface area contributed by atoms with Gasteiger partial charge in [-0.1, -0.05) is 0 Å². The first-order chi connectivity index (χ1) is 9.20. The van der Waals surface area contributed by atoms with E-state index in [2.05, 4.69) is 0 Å². The van der Waals surface area contributed by atoms with E-state index >= 15 is 0 Å². The molecule has 1 aliphatic heterocycles. The first kappa shape index (κ1) is 11.9. The highest BCUT2D eigenvalue weighted by molar-refractivity contribution is 5.88. The van der Waals surface area contributed by atoms with E-state index < -0.39 is 0 Å². The van der Waals surface area contributed by atoms with Crippen LogP contribution in [0.15, 0.2) is 0 Å². The first-order valence-corrected chi connectivity index (χ1v) is 8.01. The summed E-state index contributed by atoms with van der Waals surface area (Å²) in [4.78, 5) is 26.3. The summed E-state index contributed by atoms with van der Waals surface area (Å²) in [7, 11) is 0. The number of likely N-dealkylation sites (tertiary alicyclic amines) is 1. The quantitative estimate of drug-likeness (QED) is 0.726. The van der Waals surface area contributed by atoms with Crippen LogP contribution < -0.4 is 0 Å². The van der Waals surface area contributed by atoms with Crippen LogP contribution in [-0.2, 0) is 9.59 Å². The molecule has 3 nitrogen and oxygen atoms in total. The maximum absolute atomic E-state index is 12.8. The molecule has 0 aromatic rings. The summed E-state index contributed by atoms with van der Waals surface area (Å²) in [6.07, 6.45) is 8.10. The molecule has 5 aliphatic rings. The van der Waals surface area contributed by atoms with Gasteiger partial charge in [-0.25, -0.2) is 0 Å². The Bertz CT molecular complexity index is 389. The van der Waals surface area contributed by atoms with Crippen molar-refractivity contribution in [3.63, 3.8) is 0 Å². The number of carbonyl (C=O) groups excluding carboxylic acids is 2. The second kappa shape index (κ2) is 4.32. The molecule has 5 fully saturated rings. The second-order valence-corrected chi connectivity index (χ2v) is 7.36. The standard InChI is InChI=1S/C16H23NO2/c18-14-2-1-3-17(9-14)16(19)15-12-5-10-4-11(7-12)8-13(15)6-10/h10-13,15H,1-9H2. The smallest absolute Gasteiger partial charge is 0.226 e. The average Bonchev–Trinajstić information content (AvgIpc) is 2.37. The number of amides is 1. The van der Waals surface area contributed by atoms with Gasteiger partial charge in [0.2, 0.25) is 5.91 Å². The van der Waals surface area contributed by atoms with Gasteiger partial charge in [0.25, 0.3) is 0 Å². The average molecular weight is 261 g/mol. The van der Waals surface area contributed by atoms with Crippen LogP contribution in [0.5, 0.6) is 0 Å². The van der Waals surface area contributed by atoms with Gasteiger partial charge in [-0.15, -0.1) is 0 Å². The third-order valence-corrected chi connectivity index (χ3v) is 6.07. The van der Waals surface area contributed by atoms with Gasteiger partial charge in [0.15, 0.2) is 5.78 Å². The van der Waals surface area contributed by atoms with E-state index in [0.717, 1.165) is 24.8 Å². The van der Waals surface area contributed by atoms with E-state index in [1.54, 1.807) is 0 Å². The van der Waals surface area contributed by atoms with Gasteiger partial charge in [-0.2, -0.15) is 0 Å². The minimum absolute atomic E-state index is 0.253. The predicted octanol–water partition coefficient (Wildman–Crippen LogP) is 2.25. The maximum Gasteiger partial charge on any atom is 0.226 e. The summed E-state index contributed by atoms with van der Waals surface area (Å²) in [5, 5.41) is 0. The van der Waals surface area contributed by atoms with E-state index in [1.807, 2.05) is 4.90 Å². The molecular formula is C16H23NO2. The summed E-state index contributed by atoms with van der Waals surface area (Å²) in [5.41, 5.74) is 0. The molecule has 0 aromatic heterocycles. The number of carbonyl (C=O) groups is 2. The first-order valence-electron chi connectivity index (χ1n) is 8.01. The van der Waals surface area contributed by atoms with Gasteiger partial charge in [0.05, 0.1) is 6.54 Å². The lowest BCUT2D eigenvalue weighted by atomic mass is 9.51. The summed E-state index contributed by atoms with van der Waals surface area (Å²) in [6, 6.07) is 0. The number of ketones is 1. The van der Waals surface area contributed by atoms with Crippen molar-refractivity contribution in [1.82, 2.24) is 4.90 Å². The van der Waals surface area contributed by atoms with Crippen molar-refractivity contribution in [2.45, 2.75) is 44.9 Å². The molecular weight excluding hydrogens is 238 g/mol. The Morgan fingerprint density at radius 2 is 1.63 bits per heavy atom. The van der Waals surface area contributed by atoms with Crippen LogP contribution in [0.25, 0.3) is 0 Å². The molecule has 0 atom stereocenters. The van der Waals surface area contributed by atoms with E-state index in [1.165, 1.54) is 32.1 Å². The van der Waals surface area contributed by atoms with E-state index in [0.29, 0.717) is 30.7 Å². The zero-order valence-corrected chi connectivity index (χ0v) is 11.5.